The Morgan fingerprint density at radius 3 is 2.21 bits per heavy atom. The molecule has 0 aliphatic heterocycles. The van der Waals surface area contributed by atoms with Crippen LogP contribution in [-0.4, -0.2) is 12.6 Å². The number of urea groups is 1. The number of rotatable bonds is 4. The predicted octanol–water partition coefficient (Wildman–Crippen LogP) is 4.15. The highest BCUT2D eigenvalue weighted by molar-refractivity contribution is 5.89. The van der Waals surface area contributed by atoms with Crippen molar-refractivity contribution in [3.63, 3.8) is 0 Å². The van der Waals surface area contributed by atoms with Crippen LogP contribution in [0.3, 0.4) is 0 Å². The van der Waals surface area contributed by atoms with Crippen LogP contribution in [0.5, 0.6) is 0 Å². The van der Waals surface area contributed by atoms with Gasteiger partial charge < -0.3 is 10.6 Å². The number of benzene rings is 1. The summed E-state index contributed by atoms with van der Waals surface area (Å²) in [6.07, 6.45) is 0.996. The molecular weight excluding hydrogens is 236 g/mol. The summed E-state index contributed by atoms with van der Waals surface area (Å²) in [6.45, 7) is 11.5. The Hall–Kier alpha value is -1.51. The van der Waals surface area contributed by atoms with E-state index in [-0.39, 0.29) is 11.4 Å². The van der Waals surface area contributed by atoms with Crippen molar-refractivity contribution in [1.29, 1.82) is 0 Å². The summed E-state index contributed by atoms with van der Waals surface area (Å²) < 4.78 is 0. The summed E-state index contributed by atoms with van der Waals surface area (Å²) >= 11 is 0. The van der Waals surface area contributed by atoms with Crippen molar-refractivity contribution < 1.29 is 4.79 Å². The first-order chi connectivity index (χ1) is 8.79. The maximum atomic E-state index is 11.7. The van der Waals surface area contributed by atoms with Crippen LogP contribution in [0, 0.1) is 5.92 Å². The Bertz CT molecular complexity index is 402. The number of amides is 2. The third-order valence-electron chi connectivity index (χ3n) is 3.02. The molecule has 1 aromatic rings. The van der Waals surface area contributed by atoms with Crippen LogP contribution in [0.2, 0.25) is 0 Å². The average Bonchev–Trinajstić information content (AvgIpc) is 2.27. The van der Waals surface area contributed by atoms with E-state index in [9.17, 15) is 4.79 Å². The molecule has 0 spiro atoms. The van der Waals surface area contributed by atoms with E-state index in [2.05, 4.69) is 57.4 Å². The van der Waals surface area contributed by atoms with Gasteiger partial charge in [-0.25, -0.2) is 4.79 Å². The molecule has 0 aromatic heterocycles. The van der Waals surface area contributed by atoms with Crippen molar-refractivity contribution in [2.45, 2.75) is 46.5 Å². The molecule has 106 valence electrons. The average molecular weight is 262 g/mol. The van der Waals surface area contributed by atoms with Gasteiger partial charge in [0.15, 0.2) is 0 Å². The number of anilines is 1. The largest absolute Gasteiger partial charge is 0.338 e. The third kappa shape index (κ3) is 5.77. The normalized spacial score (nSPS) is 11.5. The molecule has 0 radical (unpaired) electrons. The molecule has 0 bridgehead atoms. The maximum absolute atomic E-state index is 11.7. The predicted molar refractivity (Wildman–Crippen MR) is 81.6 cm³/mol. The summed E-state index contributed by atoms with van der Waals surface area (Å²) in [6, 6.07) is 7.88. The lowest BCUT2D eigenvalue weighted by Gasteiger charge is -2.19. The molecule has 3 nitrogen and oxygen atoms in total. The minimum absolute atomic E-state index is 0.135. The van der Waals surface area contributed by atoms with Crippen LogP contribution >= 0.6 is 0 Å². The molecule has 1 rings (SSSR count). The van der Waals surface area contributed by atoms with Gasteiger partial charge in [0, 0.05) is 12.2 Å². The third-order valence-corrected chi connectivity index (χ3v) is 3.02. The molecule has 0 atom stereocenters. The van der Waals surface area contributed by atoms with Crippen LogP contribution in [0.4, 0.5) is 10.5 Å². The molecule has 0 saturated carbocycles. The van der Waals surface area contributed by atoms with Crippen LogP contribution < -0.4 is 10.6 Å². The summed E-state index contributed by atoms with van der Waals surface area (Å²) in [5.41, 5.74) is 2.23. The van der Waals surface area contributed by atoms with Crippen LogP contribution in [0.25, 0.3) is 0 Å². The summed E-state index contributed by atoms with van der Waals surface area (Å²) in [7, 11) is 0. The number of carbonyl (C=O) groups excluding carboxylic acids is 1. The van der Waals surface area contributed by atoms with Gasteiger partial charge in [-0.05, 0) is 35.4 Å². The van der Waals surface area contributed by atoms with E-state index >= 15 is 0 Å². The molecule has 0 aliphatic carbocycles. The standard InChI is InChI=1S/C16H26N2O/c1-12(2)10-11-17-15(19)18-14-8-6-13(7-9-14)16(3,4)5/h6-9,12H,10-11H2,1-5H3,(H2,17,18,19). The highest BCUT2D eigenvalue weighted by Gasteiger charge is 2.13. The van der Waals surface area contributed by atoms with Crippen molar-refractivity contribution in [2.75, 3.05) is 11.9 Å². The Kier molecular flexibility index (Phi) is 5.40. The van der Waals surface area contributed by atoms with E-state index < -0.39 is 0 Å². The number of nitrogens with one attached hydrogen (secondary N) is 2. The lowest BCUT2D eigenvalue weighted by atomic mass is 9.87. The smallest absolute Gasteiger partial charge is 0.319 e. The lowest BCUT2D eigenvalue weighted by Crippen LogP contribution is -2.30. The maximum Gasteiger partial charge on any atom is 0.319 e. The molecule has 3 heteroatoms. The zero-order valence-electron chi connectivity index (χ0n) is 12.7. The fourth-order valence-corrected chi connectivity index (χ4v) is 1.70. The van der Waals surface area contributed by atoms with E-state index in [1.165, 1.54) is 5.56 Å². The fraction of sp³-hybridized carbons (Fsp3) is 0.562. The summed E-state index contributed by atoms with van der Waals surface area (Å²) in [5, 5.41) is 5.70. The Morgan fingerprint density at radius 2 is 1.74 bits per heavy atom. The van der Waals surface area contributed by atoms with Crippen molar-refractivity contribution in [3.8, 4) is 0 Å². The Labute approximate surface area is 116 Å². The molecule has 0 heterocycles. The molecule has 1 aromatic carbocycles. The topological polar surface area (TPSA) is 41.1 Å². The van der Waals surface area contributed by atoms with E-state index in [0.717, 1.165) is 12.1 Å². The van der Waals surface area contributed by atoms with Crippen LogP contribution in [0.1, 0.15) is 46.6 Å². The van der Waals surface area contributed by atoms with E-state index in [1.54, 1.807) is 0 Å². The van der Waals surface area contributed by atoms with Crippen molar-refractivity contribution in [2.24, 2.45) is 5.92 Å². The van der Waals surface area contributed by atoms with E-state index in [4.69, 9.17) is 0 Å². The second-order valence-electron chi connectivity index (χ2n) is 6.39. The molecule has 2 amide bonds. The van der Waals surface area contributed by atoms with Gasteiger partial charge in [-0.1, -0.05) is 46.8 Å². The zero-order chi connectivity index (χ0) is 14.5. The summed E-state index contributed by atoms with van der Waals surface area (Å²) in [5.74, 6) is 0.603. The quantitative estimate of drug-likeness (QED) is 0.840. The number of carbonyl (C=O) groups is 1. The van der Waals surface area contributed by atoms with E-state index in [1.807, 2.05) is 12.1 Å². The first kappa shape index (κ1) is 15.5. The second kappa shape index (κ2) is 6.60. The van der Waals surface area contributed by atoms with Crippen LogP contribution in [0.15, 0.2) is 24.3 Å². The second-order valence-corrected chi connectivity index (χ2v) is 6.39. The fourth-order valence-electron chi connectivity index (χ4n) is 1.70. The molecule has 19 heavy (non-hydrogen) atoms. The molecule has 0 fully saturated rings. The van der Waals surface area contributed by atoms with Crippen LogP contribution in [-0.2, 0) is 5.41 Å². The van der Waals surface area contributed by atoms with E-state index in [0.29, 0.717) is 12.5 Å². The van der Waals surface area contributed by atoms with Gasteiger partial charge in [0.2, 0.25) is 0 Å². The van der Waals surface area contributed by atoms with Gasteiger partial charge in [0.1, 0.15) is 0 Å². The minimum atomic E-state index is -0.135. The first-order valence-corrected chi connectivity index (χ1v) is 6.94. The number of hydrogen-bond acceptors (Lipinski definition) is 1. The van der Waals surface area contributed by atoms with Gasteiger partial charge >= 0.3 is 6.03 Å². The SMILES string of the molecule is CC(C)CCNC(=O)Nc1ccc(C(C)(C)C)cc1. The van der Waals surface area contributed by atoms with Gasteiger partial charge in [0.25, 0.3) is 0 Å². The number of hydrogen-bond donors (Lipinski definition) is 2. The van der Waals surface area contributed by atoms with Crippen molar-refractivity contribution in [1.82, 2.24) is 5.32 Å². The van der Waals surface area contributed by atoms with Gasteiger partial charge in [-0.15, -0.1) is 0 Å². The molecule has 0 unspecified atom stereocenters. The Balaban J connectivity index is 2.47. The molecule has 2 N–H and O–H groups in total. The van der Waals surface area contributed by atoms with Gasteiger partial charge in [0.05, 0.1) is 0 Å². The molecular formula is C16H26N2O. The zero-order valence-corrected chi connectivity index (χ0v) is 12.7. The molecule has 0 saturated heterocycles. The highest BCUT2D eigenvalue weighted by atomic mass is 16.2. The van der Waals surface area contributed by atoms with Gasteiger partial charge in [-0.3, -0.25) is 0 Å². The lowest BCUT2D eigenvalue weighted by molar-refractivity contribution is 0.251. The minimum Gasteiger partial charge on any atom is -0.338 e. The molecule has 0 aliphatic rings. The first-order valence-electron chi connectivity index (χ1n) is 6.94. The Morgan fingerprint density at radius 1 is 1.16 bits per heavy atom. The monoisotopic (exact) mass is 262 g/mol. The summed E-state index contributed by atoms with van der Waals surface area (Å²) in [4.78, 5) is 11.7. The van der Waals surface area contributed by atoms with Gasteiger partial charge in [-0.2, -0.15) is 0 Å². The van der Waals surface area contributed by atoms with Crippen molar-refractivity contribution >= 4 is 11.7 Å². The highest BCUT2D eigenvalue weighted by Crippen LogP contribution is 2.23. The van der Waals surface area contributed by atoms with Crippen molar-refractivity contribution in [3.05, 3.63) is 29.8 Å².